The molecule has 10 nitrogen and oxygen atoms in total. The van der Waals surface area contributed by atoms with E-state index in [4.69, 9.17) is 4.74 Å². The van der Waals surface area contributed by atoms with E-state index >= 15 is 0 Å². The van der Waals surface area contributed by atoms with Crippen LogP contribution in [0.15, 0.2) is 54.6 Å². The predicted molar refractivity (Wildman–Crippen MR) is 153 cm³/mol. The van der Waals surface area contributed by atoms with Crippen LogP contribution in [0.2, 0.25) is 0 Å². The summed E-state index contributed by atoms with van der Waals surface area (Å²) >= 11 is 0. The van der Waals surface area contributed by atoms with Gasteiger partial charge in [0.25, 0.3) is 5.91 Å². The fourth-order valence-electron chi connectivity index (χ4n) is 4.46. The number of fused-ring (bicyclic) bond motifs is 1. The van der Waals surface area contributed by atoms with Crippen molar-refractivity contribution < 1.29 is 23.9 Å². The maximum atomic E-state index is 13.4. The summed E-state index contributed by atoms with van der Waals surface area (Å²) < 4.78 is 6.14. The van der Waals surface area contributed by atoms with Gasteiger partial charge in [0.1, 0.15) is 18.4 Å². The van der Waals surface area contributed by atoms with Gasteiger partial charge < -0.3 is 30.1 Å². The van der Waals surface area contributed by atoms with Gasteiger partial charge in [0, 0.05) is 27.1 Å². The topological polar surface area (TPSA) is 111 Å². The molecular formula is C30H41N5O5. The molecule has 10 heteroatoms. The number of nitrogens with zero attached hydrogens (tertiary/aromatic N) is 3. The first-order chi connectivity index (χ1) is 19.2. The van der Waals surface area contributed by atoms with Gasteiger partial charge in [-0.15, -0.1) is 0 Å². The fourth-order valence-corrected chi connectivity index (χ4v) is 4.46. The molecule has 2 N–H and O–H groups in total. The summed E-state index contributed by atoms with van der Waals surface area (Å²) in [6, 6.07) is 15.3. The number of carbonyl (C=O) groups is 4. The Kier molecular flexibility index (Phi) is 11.5. The van der Waals surface area contributed by atoms with Crippen molar-refractivity contribution in [1.29, 1.82) is 0 Å². The van der Waals surface area contributed by atoms with Crippen molar-refractivity contribution in [3.05, 3.63) is 65.7 Å². The molecule has 0 saturated heterocycles. The molecule has 0 aromatic heterocycles. The molecule has 0 spiro atoms. The van der Waals surface area contributed by atoms with Gasteiger partial charge in [-0.1, -0.05) is 42.5 Å². The number of rotatable bonds is 7. The van der Waals surface area contributed by atoms with Crippen LogP contribution >= 0.6 is 0 Å². The zero-order valence-electron chi connectivity index (χ0n) is 23.9. The average Bonchev–Trinajstić information content (AvgIpc) is 2.94. The Morgan fingerprint density at radius 2 is 1.73 bits per heavy atom. The molecule has 3 rings (SSSR count). The van der Waals surface area contributed by atoms with E-state index in [1.54, 1.807) is 43.3 Å². The van der Waals surface area contributed by atoms with Gasteiger partial charge in [-0.05, 0) is 57.6 Å². The second-order valence-electron chi connectivity index (χ2n) is 10.4. The molecular weight excluding hydrogens is 510 g/mol. The van der Waals surface area contributed by atoms with Crippen molar-refractivity contribution in [2.45, 2.75) is 37.8 Å². The Hall–Kier alpha value is -3.92. The Labute approximate surface area is 236 Å². The minimum atomic E-state index is -0.924. The fraction of sp³-hybridized carbons (Fsp3) is 0.467. The normalized spacial score (nSPS) is 19.3. The van der Waals surface area contributed by atoms with E-state index in [2.05, 4.69) is 10.6 Å². The van der Waals surface area contributed by atoms with Crippen LogP contribution in [-0.4, -0.2) is 105 Å². The zero-order valence-corrected chi connectivity index (χ0v) is 23.9. The van der Waals surface area contributed by atoms with Gasteiger partial charge in [-0.3, -0.25) is 19.2 Å². The van der Waals surface area contributed by atoms with Crippen LogP contribution in [0.1, 0.15) is 35.2 Å². The van der Waals surface area contributed by atoms with E-state index in [0.717, 1.165) is 18.5 Å². The highest BCUT2D eigenvalue weighted by molar-refractivity contribution is 5.99. The van der Waals surface area contributed by atoms with E-state index in [0.29, 0.717) is 18.7 Å². The lowest BCUT2D eigenvalue weighted by Gasteiger charge is -2.30. The molecule has 1 aliphatic rings. The summed E-state index contributed by atoms with van der Waals surface area (Å²) in [6.45, 7) is 1.28. The van der Waals surface area contributed by atoms with Crippen molar-refractivity contribution in [1.82, 2.24) is 25.3 Å². The smallest absolute Gasteiger partial charge is 0.255 e. The van der Waals surface area contributed by atoms with Crippen LogP contribution in [0.3, 0.4) is 0 Å². The summed E-state index contributed by atoms with van der Waals surface area (Å²) in [5.74, 6) is -0.986. The minimum absolute atomic E-state index is 0.00481. The number of amides is 4. The van der Waals surface area contributed by atoms with E-state index in [9.17, 15) is 19.2 Å². The predicted octanol–water partition coefficient (Wildman–Crippen LogP) is 1.55. The van der Waals surface area contributed by atoms with Crippen LogP contribution in [0.25, 0.3) is 0 Å². The SMILES string of the molecule is CN(C)CCCNC(=O)[C@@H]1CCC(=O)N(C)CC(=O)N(C)[C@H](Cc2ccccc2)COc2ccccc2C(=O)N1. The first kappa shape index (κ1) is 30.6. The van der Waals surface area contributed by atoms with Crippen LogP contribution in [0.5, 0.6) is 5.75 Å². The largest absolute Gasteiger partial charge is 0.491 e. The van der Waals surface area contributed by atoms with Crippen LogP contribution in [0, 0.1) is 0 Å². The lowest BCUT2D eigenvalue weighted by atomic mass is 10.1. The van der Waals surface area contributed by atoms with Crippen LogP contribution in [-0.2, 0) is 20.8 Å². The maximum Gasteiger partial charge on any atom is 0.255 e. The van der Waals surface area contributed by atoms with Gasteiger partial charge in [-0.25, -0.2) is 0 Å². The Morgan fingerprint density at radius 1 is 1.02 bits per heavy atom. The lowest BCUT2D eigenvalue weighted by Crippen LogP contribution is -2.48. The van der Waals surface area contributed by atoms with Gasteiger partial charge in [-0.2, -0.15) is 0 Å². The molecule has 216 valence electrons. The highest BCUT2D eigenvalue weighted by Crippen LogP contribution is 2.20. The molecule has 2 atom stereocenters. The number of ether oxygens (including phenoxy) is 1. The molecule has 2 aromatic rings. The standard InChI is InChI=1S/C30H41N5O5/c1-33(2)18-10-17-31-30(39)25-15-16-27(36)34(3)20-28(37)35(4)23(19-22-11-6-5-7-12-22)21-40-26-14-9-8-13-24(26)29(38)32-25/h5-9,11-14,23,25H,10,15-21H2,1-4H3,(H,31,39)(H,32,38)/t23-,25+/m1/s1. The van der Waals surface area contributed by atoms with Crippen molar-refractivity contribution in [3.8, 4) is 5.75 Å². The Morgan fingerprint density at radius 3 is 2.45 bits per heavy atom. The number of hydrogen-bond acceptors (Lipinski definition) is 6. The minimum Gasteiger partial charge on any atom is -0.491 e. The van der Waals surface area contributed by atoms with Crippen molar-refractivity contribution in [2.75, 3.05) is 54.4 Å². The molecule has 0 fully saturated rings. The zero-order chi connectivity index (χ0) is 29.1. The van der Waals surface area contributed by atoms with Crippen molar-refractivity contribution >= 4 is 23.6 Å². The van der Waals surface area contributed by atoms with Gasteiger partial charge in [0.2, 0.25) is 17.7 Å². The molecule has 2 aromatic carbocycles. The number of hydrogen-bond donors (Lipinski definition) is 2. The number of benzene rings is 2. The third kappa shape index (κ3) is 9.08. The van der Waals surface area contributed by atoms with E-state index < -0.39 is 11.9 Å². The van der Waals surface area contributed by atoms with E-state index in [1.807, 2.05) is 49.3 Å². The second-order valence-corrected chi connectivity index (χ2v) is 10.4. The molecule has 0 aliphatic carbocycles. The molecule has 40 heavy (non-hydrogen) atoms. The number of carbonyl (C=O) groups excluding carboxylic acids is 4. The van der Waals surface area contributed by atoms with E-state index in [1.165, 1.54) is 4.90 Å². The van der Waals surface area contributed by atoms with Gasteiger partial charge in [0.05, 0.1) is 18.2 Å². The molecule has 0 radical (unpaired) electrons. The van der Waals surface area contributed by atoms with Crippen molar-refractivity contribution in [2.24, 2.45) is 0 Å². The Bertz CT molecular complexity index is 1160. The summed E-state index contributed by atoms with van der Waals surface area (Å²) in [6.07, 6.45) is 1.37. The number of para-hydroxylation sites is 1. The number of likely N-dealkylation sites (N-methyl/N-ethyl adjacent to an activating group) is 2. The monoisotopic (exact) mass is 551 g/mol. The lowest BCUT2D eigenvalue weighted by molar-refractivity contribution is -0.140. The molecule has 1 heterocycles. The van der Waals surface area contributed by atoms with Gasteiger partial charge >= 0.3 is 0 Å². The molecule has 0 bridgehead atoms. The number of nitrogens with one attached hydrogen (secondary N) is 2. The van der Waals surface area contributed by atoms with Crippen LogP contribution < -0.4 is 15.4 Å². The second kappa shape index (κ2) is 15.0. The molecule has 0 saturated carbocycles. The third-order valence-corrected chi connectivity index (χ3v) is 6.97. The quantitative estimate of drug-likeness (QED) is 0.506. The highest BCUT2D eigenvalue weighted by atomic mass is 16.5. The first-order valence-corrected chi connectivity index (χ1v) is 13.6. The summed E-state index contributed by atoms with van der Waals surface area (Å²) in [7, 11) is 7.18. The summed E-state index contributed by atoms with van der Waals surface area (Å²) in [5, 5.41) is 5.67. The Balaban J connectivity index is 1.86. The average molecular weight is 552 g/mol. The summed E-state index contributed by atoms with van der Waals surface area (Å²) in [5.41, 5.74) is 1.31. The first-order valence-electron chi connectivity index (χ1n) is 13.6. The summed E-state index contributed by atoms with van der Waals surface area (Å²) in [4.78, 5) is 57.6. The molecule has 4 amide bonds. The molecule has 0 unspecified atom stereocenters. The van der Waals surface area contributed by atoms with Crippen molar-refractivity contribution in [3.63, 3.8) is 0 Å². The highest BCUT2D eigenvalue weighted by Gasteiger charge is 2.28. The van der Waals surface area contributed by atoms with Crippen LogP contribution in [0.4, 0.5) is 0 Å². The molecule has 1 aliphatic heterocycles. The third-order valence-electron chi connectivity index (χ3n) is 6.97. The van der Waals surface area contributed by atoms with E-state index in [-0.39, 0.29) is 55.3 Å². The maximum absolute atomic E-state index is 13.4. The van der Waals surface area contributed by atoms with Gasteiger partial charge in [0.15, 0.2) is 0 Å².